The van der Waals surface area contributed by atoms with Crippen LogP contribution in [0.3, 0.4) is 0 Å². The molecule has 1 heterocycles. The molecule has 1 N–H and O–H groups in total. The van der Waals surface area contributed by atoms with Crippen molar-refractivity contribution in [3.8, 4) is 5.75 Å². The molecular formula is C18H20N2O2. The van der Waals surface area contributed by atoms with Crippen LogP contribution in [0.25, 0.3) is 0 Å². The van der Waals surface area contributed by atoms with Crippen molar-refractivity contribution in [2.75, 3.05) is 16.9 Å². The van der Waals surface area contributed by atoms with Gasteiger partial charge in [-0.15, -0.1) is 0 Å². The number of amides is 1. The number of ether oxygens (including phenoxy) is 1. The minimum absolute atomic E-state index is 0.0649. The predicted molar refractivity (Wildman–Crippen MR) is 88.2 cm³/mol. The number of aryl methyl sites for hydroxylation is 1. The molecule has 0 saturated heterocycles. The zero-order chi connectivity index (χ0) is 15.5. The van der Waals surface area contributed by atoms with Crippen LogP contribution in [0.2, 0.25) is 0 Å². The average Bonchev–Trinajstić information content (AvgIpc) is 2.53. The van der Waals surface area contributed by atoms with E-state index in [1.807, 2.05) is 18.2 Å². The quantitative estimate of drug-likeness (QED) is 0.941. The molecule has 4 heteroatoms. The van der Waals surface area contributed by atoms with E-state index in [9.17, 15) is 4.79 Å². The average molecular weight is 296 g/mol. The van der Waals surface area contributed by atoms with Gasteiger partial charge in [-0.05, 0) is 36.2 Å². The number of rotatable bonds is 3. The number of carbonyl (C=O) groups is 1. The molecule has 0 aliphatic carbocycles. The van der Waals surface area contributed by atoms with Crippen molar-refractivity contribution in [2.45, 2.75) is 26.8 Å². The topological polar surface area (TPSA) is 41.6 Å². The molecule has 0 saturated carbocycles. The minimum atomic E-state index is -0.0649. The van der Waals surface area contributed by atoms with Gasteiger partial charge in [0, 0.05) is 30.4 Å². The van der Waals surface area contributed by atoms with E-state index in [-0.39, 0.29) is 5.91 Å². The summed E-state index contributed by atoms with van der Waals surface area (Å²) in [5.74, 6) is 0.823. The Morgan fingerprint density at radius 3 is 2.86 bits per heavy atom. The molecule has 2 aromatic carbocycles. The lowest BCUT2D eigenvalue weighted by atomic mass is 10.1. The van der Waals surface area contributed by atoms with E-state index in [2.05, 4.69) is 41.4 Å². The van der Waals surface area contributed by atoms with Gasteiger partial charge in [0.1, 0.15) is 5.75 Å². The molecule has 114 valence electrons. The highest BCUT2D eigenvalue weighted by atomic mass is 16.5. The van der Waals surface area contributed by atoms with E-state index >= 15 is 0 Å². The zero-order valence-electron chi connectivity index (χ0n) is 12.9. The third-order valence-electron chi connectivity index (χ3n) is 3.83. The van der Waals surface area contributed by atoms with Gasteiger partial charge in [0.2, 0.25) is 5.91 Å². The number of fused-ring (bicyclic) bond motifs is 1. The van der Waals surface area contributed by atoms with Crippen molar-refractivity contribution < 1.29 is 9.53 Å². The van der Waals surface area contributed by atoms with Crippen LogP contribution >= 0.6 is 0 Å². The normalized spacial score (nSPS) is 13.3. The van der Waals surface area contributed by atoms with Gasteiger partial charge in [-0.25, -0.2) is 0 Å². The molecule has 0 radical (unpaired) electrons. The number of benzene rings is 2. The molecular weight excluding hydrogens is 276 g/mol. The molecule has 2 aromatic rings. The summed E-state index contributed by atoms with van der Waals surface area (Å²) in [6.45, 7) is 5.00. The summed E-state index contributed by atoms with van der Waals surface area (Å²) in [5, 5.41) is 2.82. The van der Waals surface area contributed by atoms with E-state index in [0.29, 0.717) is 6.73 Å². The number of hydrogen-bond donors (Lipinski definition) is 1. The minimum Gasteiger partial charge on any atom is -0.473 e. The van der Waals surface area contributed by atoms with Crippen LogP contribution in [0.1, 0.15) is 25.0 Å². The lowest BCUT2D eigenvalue weighted by Gasteiger charge is -2.32. The summed E-state index contributed by atoms with van der Waals surface area (Å²) in [6, 6.07) is 14.2. The van der Waals surface area contributed by atoms with Crippen LogP contribution < -0.4 is 15.0 Å². The van der Waals surface area contributed by atoms with Crippen LogP contribution in [0.15, 0.2) is 42.5 Å². The van der Waals surface area contributed by atoms with Gasteiger partial charge in [0.25, 0.3) is 0 Å². The van der Waals surface area contributed by atoms with Crippen molar-refractivity contribution >= 4 is 17.3 Å². The van der Waals surface area contributed by atoms with E-state index in [1.165, 1.54) is 18.2 Å². The van der Waals surface area contributed by atoms with Crippen LogP contribution in [-0.4, -0.2) is 12.6 Å². The maximum Gasteiger partial charge on any atom is 0.221 e. The Morgan fingerprint density at radius 1 is 1.27 bits per heavy atom. The molecule has 0 atom stereocenters. The Labute approximate surface area is 130 Å². The van der Waals surface area contributed by atoms with Gasteiger partial charge in [-0.1, -0.05) is 25.1 Å². The van der Waals surface area contributed by atoms with Gasteiger partial charge in [0.05, 0.1) is 0 Å². The number of nitrogens with one attached hydrogen (secondary N) is 1. The van der Waals surface area contributed by atoms with Crippen LogP contribution in [0.4, 0.5) is 11.4 Å². The van der Waals surface area contributed by atoms with Gasteiger partial charge in [-0.2, -0.15) is 0 Å². The lowest BCUT2D eigenvalue weighted by molar-refractivity contribution is -0.114. The number of anilines is 2. The molecule has 0 bridgehead atoms. The summed E-state index contributed by atoms with van der Waals surface area (Å²) in [5.41, 5.74) is 4.41. The molecule has 1 aliphatic heterocycles. The number of para-hydroxylation sites is 1. The highest BCUT2D eigenvalue weighted by Crippen LogP contribution is 2.32. The first kappa shape index (κ1) is 14.4. The van der Waals surface area contributed by atoms with Gasteiger partial charge >= 0.3 is 0 Å². The largest absolute Gasteiger partial charge is 0.473 e. The van der Waals surface area contributed by atoms with Crippen molar-refractivity contribution in [2.24, 2.45) is 0 Å². The third-order valence-corrected chi connectivity index (χ3v) is 3.83. The Morgan fingerprint density at radius 2 is 2.09 bits per heavy atom. The van der Waals surface area contributed by atoms with E-state index < -0.39 is 0 Å². The molecule has 22 heavy (non-hydrogen) atoms. The molecule has 3 rings (SSSR count). The van der Waals surface area contributed by atoms with Crippen LogP contribution in [0.5, 0.6) is 5.75 Å². The fourth-order valence-corrected chi connectivity index (χ4v) is 2.80. The van der Waals surface area contributed by atoms with Crippen LogP contribution in [-0.2, 0) is 17.8 Å². The molecule has 4 nitrogen and oxygen atoms in total. The lowest BCUT2D eigenvalue weighted by Crippen LogP contribution is -2.32. The van der Waals surface area contributed by atoms with Crippen LogP contribution in [0, 0.1) is 0 Å². The molecule has 1 aliphatic rings. The fourth-order valence-electron chi connectivity index (χ4n) is 2.80. The summed E-state index contributed by atoms with van der Waals surface area (Å²) in [7, 11) is 0. The number of carbonyl (C=O) groups excluding carboxylic acids is 1. The molecule has 0 fully saturated rings. The van der Waals surface area contributed by atoms with Gasteiger partial charge < -0.3 is 15.0 Å². The second kappa shape index (κ2) is 6.10. The van der Waals surface area contributed by atoms with Crippen molar-refractivity contribution in [1.29, 1.82) is 0 Å². The first-order valence-electron chi connectivity index (χ1n) is 7.53. The van der Waals surface area contributed by atoms with Crippen molar-refractivity contribution in [1.82, 2.24) is 0 Å². The maximum absolute atomic E-state index is 11.2. The van der Waals surface area contributed by atoms with E-state index in [0.717, 1.165) is 30.0 Å². The molecule has 1 amide bonds. The van der Waals surface area contributed by atoms with E-state index in [4.69, 9.17) is 4.74 Å². The van der Waals surface area contributed by atoms with E-state index in [1.54, 1.807) is 0 Å². The Balaban J connectivity index is 1.87. The predicted octanol–water partition coefficient (Wildman–Crippen LogP) is 3.56. The summed E-state index contributed by atoms with van der Waals surface area (Å²) < 4.78 is 5.86. The second-order valence-electron chi connectivity index (χ2n) is 5.46. The summed E-state index contributed by atoms with van der Waals surface area (Å²) in [4.78, 5) is 13.4. The SMILES string of the molecule is CCc1ccccc1N1COc2ccc(NC(C)=O)cc2C1. The summed E-state index contributed by atoms with van der Waals surface area (Å²) >= 11 is 0. The van der Waals surface area contributed by atoms with Gasteiger partial charge in [-0.3, -0.25) is 4.79 Å². The zero-order valence-corrected chi connectivity index (χ0v) is 12.9. The third kappa shape index (κ3) is 2.91. The fraction of sp³-hybridized carbons (Fsp3) is 0.278. The standard InChI is InChI=1S/C18H20N2O2/c1-3-14-6-4-5-7-17(14)20-11-15-10-16(19-13(2)21)8-9-18(15)22-12-20/h4-10H,3,11-12H2,1-2H3,(H,19,21). The second-order valence-corrected chi connectivity index (χ2v) is 5.46. The highest BCUT2D eigenvalue weighted by Gasteiger charge is 2.19. The molecule has 0 unspecified atom stereocenters. The smallest absolute Gasteiger partial charge is 0.221 e. The first-order chi connectivity index (χ1) is 10.7. The molecule has 0 spiro atoms. The number of hydrogen-bond acceptors (Lipinski definition) is 3. The highest BCUT2D eigenvalue weighted by molar-refractivity contribution is 5.88. The van der Waals surface area contributed by atoms with Gasteiger partial charge in [0.15, 0.2) is 6.73 Å². The monoisotopic (exact) mass is 296 g/mol. The first-order valence-corrected chi connectivity index (χ1v) is 7.53. The molecule has 0 aromatic heterocycles. The Bertz CT molecular complexity index is 697. The van der Waals surface area contributed by atoms with Crippen molar-refractivity contribution in [3.63, 3.8) is 0 Å². The maximum atomic E-state index is 11.2. The number of nitrogens with zero attached hydrogens (tertiary/aromatic N) is 1. The Kier molecular flexibility index (Phi) is 4.00. The van der Waals surface area contributed by atoms with Crippen molar-refractivity contribution in [3.05, 3.63) is 53.6 Å². The summed E-state index contributed by atoms with van der Waals surface area (Å²) in [6.07, 6.45) is 0.992. The Hall–Kier alpha value is -2.49.